The molecule has 0 unspecified atom stereocenters. The van der Waals surface area contributed by atoms with E-state index in [0.29, 0.717) is 25.3 Å². The van der Waals surface area contributed by atoms with Crippen molar-refractivity contribution in [1.29, 1.82) is 0 Å². The molecule has 1 atom stereocenters. The van der Waals surface area contributed by atoms with Crippen molar-refractivity contribution in [3.63, 3.8) is 0 Å². The Labute approximate surface area is 107 Å². The molecule has 0 aromatic carbocycles. The van der Waals surface area contributed by atoms with Gasteiger partial charge in [0.1, 0.15) is 0 Å². The fourth-order valence-electron chi connectivity index (χ4n) is 2.53. The van der Waals surface area contributed by atoms with E-state index in [9.17, 15) is 9.90 Å². The van der Waals surface area contributed by atoms with Crippen molar-refractivity contribution in [2.45, 2.75) is 44.6 Å². The molecule has 1 aromatic rings. The highest BCUT2D eigenvalue weighted by molar-refractivity contribution is 5.76. The van der Waals surface area contributed by atoms with Crippen LogP contribution in [0.1, 0.15) is 50.2 Å². The van der Waals surface area contributed by atoms with Crippen molar-refractivity contribution in [3.05, 3.63) is 24.2 Å². The summed E-state index contributed by atoms with van der Waals surface area (Å²) in [4.78, 5) is 11.7. The summed E-state index contributed by atoms with van der Waals surface area (Å²) in [6.45, 7) is 0.512. The van der Waals surface area contributed by atoms with Crippen molar-refractivity contribution in [2.24, 2.45) is 5.92 Å². The molecule has 1 aliphatic rings. The van der Waals surface area contributed by atoms with Gasteiger partial charge in [-0.05, 0) is 31.2 Å². The normalized spacial score (nSPS) is 17.8. The van der Waals surface area contributed by atoms with Gasteiger partial charge in [0.2, 0.25) is 5.91 Å². The molecule has 0 bridgehead atoms. The Morgan fingerprint density at radius 2 is 2.28 bits per heavy atom. The number of aliphatic hydroxyl groups is 1. The molecule has 1 aliphatic carbocycles. The Bertz CT molecular complexity index is 355. The van der Waals surface area contributed by atoms with Gasteiger partial charge in [-0.1, -0.05) is 12.8 Å². The molecule has 0 aliphatic heterocycles. The first kappa shape index (κ1) is 13.1. The van der Waals surface area contributed by atoms with E-state index in [0.717, 1.165) is 5.56 Å². The first-order valence-corrected chi connectivity index (χ1v) is 6.72. The maximum absolute atomic E-state index is 11.7. The first-order valence-electron chi connectivity index (χ1n) is 6.72. The molecule has 1 heterocycles. The number of carbonyl (C=O) groups is 1. The van der Waals surface area contributed by atoms with Crippen LogP contribution in [0.2, 0.25) is 0 Å². The van der Waals surface area contributed by atoms with Crippen LogP contribution in [-0.4, -0.2) is 17.6 Å². The van der Waals surface area contributed by atoms with Gasteiger partial charge in [0, 0.05) is 18.5 Å². The molecule has 0 spiro atoms. The summed E-state index contributed by atoms with van der Waals surface area (Å²) in [7, 11) is 0. The Balaban J connectivity index is 1.61. The van der Waals surface area contributed by atoms with Crippen LogP contribution in [0, 0.1) is 5.92 Å². The number of furan rings is 1. The van der Waals surface area contributed by atoms with Gasteiger partial charge in [-0.3, -0.25) is 4.79 Å². The third-order valence-corrected chi connectivity index (χ3v) is 3.62. The third-order valence-electron chi connectivity index (χ3n) is 3.62. The fourth-order valence-corrected chi connectivity index (χ4v) is 2.53. The molecule has 18 heavy (non-hydrogen) atoms. The van der Waals surface area contributed by atoms with E-state index in [1.807, 2.05) is 0 Å². The predicted molar refractivity (Wildman–Crippen MR) is 67.9 cm³/mol. The smallest absolute Gasteiger partial charge is 0.220 e. The summed E-state index contributed by atoms with van der Waals surface area (Å²) in [6, 6.07) is 1.74. The summed E-state index contributed by atoms with van der Waals surface area (Å²) in [5.41, 5.74) is 0.764. The molecule has 0 radical (unpaired) electrons. The quantitative estimate of drug-likeness (QED) is 0.816. The Kier molecular flexibility index (Phi) is 4.81. The fraction of sp³-hybridized carbons (Fsp3) is 0.643. The zero-order valence-corrected chi connectivity index (χ0v) is 10.6. The van der Waals surface area contributed by atoms with Gasteiger partial charge in [0.15, 0.2) is 0 Å². The second kappa shape index (κ2) is 6.59. The zero-order valence-electron chi connectivity index (χ0n) is 10.6. The largest absolute Gasteiger partial charge is 0.472 e. The van der Waals surface area contributed by atoms with Gasteiger partial charge < -0.3 is 14.8 Å². The van der Waals surface area contributed by atoms with E-state index in [1.165, 1.54) is 38.2 Å². The Morgan fingerprint density at radius 1 is 1.50 bits per heavy atom. The number of hydrogen-bond acceptors (Lipinski definition) is 3. The lowest BCUT2D eigenvalue weighted by Crippen LogP contribution is -2.27. The first-order chi connectivity index (χ1) is 8.75. The minimum Gasteiger partial charge on any atom is -0.472 e. The van der Waals surface area contributed by atoms with Crippen LogP contribution < -0.4 is 5.32 Å². The summed E-state index contributed by atoms with van der Waals surface area (Å²) in [5, 5.41) is 12.7. The van der Waals surface area contributed by atoms with Crippen LogP contribution in [0.25, 0.3) is 0 Å². The number of hydrogen-bond donors (Lipinski definition) is 2. The van der Waals surface area contributed by atoms with Crippen LogP contribution >= 0.6 is 0 Å². The van der Waals surface area contributed by atoms with Crippen LogP contribution in [0.5, 0.6) is 0 Å². The maximum atomic E-state index is 11.7. The second-order valence-electron chi connectivity index (χ2n) is 5.07. The number of aliphatic hydroxyl groups excluding tert-OH is 1. The van der Waals surface area contributed by atoms with Gasteiger partial charge in [0.25, 0.3) is 0 Å². The lowest BCUT2D eigenvalue weighted by atomic mass is 10.0. The molecule has 4 nitrogen and oxygen atoms in total. The van der Waals surface area contributed by atoms with E-state index >= 15 is 0 Å². The van der Waals surface area contributed by atoms with E-state index < -0.39 is 6.10 Å². The van der Waals surface area contributed by atoms with Gasteiger partial charge in [-0.25, -0.2) is 0 Å². The molecule has 1 saturated carbocycles. The van der Waals surface area contributed by atoms with E-state index in [2.05, 4.69) is 5.32 Å². The van der Waals surface area contributed by atoms with Crippen molar-refractivity contribution in [3.8, 4) is 0 Å². The Hall–Kier alpha value is -1.29. The number of nitrogens with one attached hydrogen (secondary N) is 1. The molecule has 1 aromatic heterocycles. The molecule has 1 fully saturated rings. The number of amides is 1. The highest BCUT2D eigenvalue weighted by Crippen LogP contribution is 2.27. The van der Waals surface area contributed by atoms with Gasteiger partial charge >= 0.3 is 0 Å². The molecular weight excluding hydrogens is 230 g/mol. The molecule has 4 heteroatoms. The van der Waals surface area contributed by atoms with E-state index in [1.54, 1.807) is 6.07 Å². The molecular formula is C14H21NO3. The SMILES string of the molecule is O=C(CC1CCCC1)NCC[C@@H](O)c1ccoc1. The third kappa shape index (κ3) is 3.88. The summed E-state index contributed by atoms with van der Waals surface area (Å²) in [5.74, 6) is 0.685. The number of carbonyl (C=O) groups excluding carboxylic acids is 1. The highest BCUT2D eigenvalue weighted by atomic mass is 16.3. The summed E-state index contributed by atoms with van der Waals surface area (Å²) >= 11 is 0. The summed E-state index contributed by atoms with van der Waals surface area (Å²) < 4.78 is 4.90. The minimum atomic E-state index is -0.560. The van der Waals surface area contributed by atoms with Crippen molar-refractivity contribution < 1.29 is 14.3 Å². The maximum Gasteiger partial charge on any atom is 0.220 e. The Morgan fingerprint density at radius 3 is 2.94 bits per heavy atom. The highest BCUT2D eigenvalue weighted by Gasteiger charge is 2.18. The van der Waals surface area contributed by atoms with Crippen molar-refractivity contribution in [2.75, 3.05) is 6.54 Å². The van der Waals surface area contributed by atoms with E-state index in [4.69, 9.17) is 4.42 Å². The van der Waals surface area contributed by atoms with Crippen LogP contribution in [0.15, 0.2) is 23.0 Å². The topological polar surface area (TPSA) is 62.5 Å². The molecule has 0 saturated heterocycles. The molecule has 2 rings (SSSR count). The minimum absolute atomic E-state index is 0.112. The lowest BCUT2D eigenvalue weighted by molar-refractivity contribution is -0.122. The van der Waals surface area contributed by atoms with Crippen LogP contribution in [0.3, 0.4) is 0 Å². The van der Waals surface area contributed by atoms with Crippen molar-refractivity contribution in [1.82, 2.24) is 5.32 Å². The van der Waals surface area contributed by atoms with Crippen LogP contribution in [-0.2, 0) is 4.79 Å². The lowest BCUT2D eigenvalue weighted by Gasteiger charge is -2.11. The van der Waals surface area contributed by atoms with Gasteiger partial charge in [-0.2, -0.15) is 0 Å². The van der Waals surface area contributed by atoms with Gasteiger partial charge in [-0.15, -0.1) is 0 Å². The average molecular weight is 251 g/mol. The average Bonchev–Trinajstić information content (AvgIpc) is 3.00. The standard InChI is InChI=1S/C14H21NO3/c16-13(12-6-8-18-10-12)5-7-15-14(17)9-11-3-1-2-4-11/h6,8,10-11,13,16H,1-5,7,9H2,(H,15,17)/t13-/m1/s1. The molecule has 100 valence electrons. The molecule has 2 N–H and O–H groups in total. The molecule has 1 amide bonds. The van der Waals surface area contributed by atoms with Crippen molar-refractivity contribution >= 4 is 5.91 Å². The van der Waals surface area contributed by atoms with Gasteiger partial charge in [0.05, 0.1) is 18.6 Å². The monoisotopic (exact) mass is 251 g/mol. The zero-order chi connectivity index (χ0) is 12.8. The van der Waals surface area contributed by atoms with Crippen LogP contribution in [0.4, 0.5) is 0 Å². The number of rotatable bonds is 6. The van der Waals surface area contributed by atoms with E-state index in [-0.39, 0.29) is 5.91 Å². The second-order valence-corrected chi connectivity index (χ2v) is 5.07. The summed E-state index contributed by atoms with van der Waals surface area (Å²) in [6.07, 6.45) is 8.57. The predicted octanol–water partition coefficient (Wildman–Crippen LogP) is 2.40.